The van der Waals surface area contributed by atoms with E-state index in [1.807, 2.05) is 19.4 Å². The number of hydrogen-bond acceptors (Lipinski definition) is 4. The third-order valence-corrected chi connectivity index (χ3v) is 6.45. The fourth-order valence-electron chi connectivity index (χ4n) is 2.82. The first-order valence-electron chi connectivity index (χ1n) is 7.05. The summed E-state index contributed by atoms with van der Waals surface area (Å²) in [5, 5.41) is 4.49. The van der Waals surface area contributed by atoms with Crippen molar-refractivity contribution in [1.82, 2.24) is 23.6 Å². The Labute approximate surface area is 134 Å². The predicted octanol–water partition coefficient (Wildman–Crippen LogP) is 1.38. The van der Waals surface area contributed by atoms with Gasteiger partial charge in [0.15, 0.2) is 5.03 Å². The minimum absolute atomic E-state index is 0.136. The van der Waals surface area contributed by atoms with Crippen LogP contribution in [0.3, 0.4) is 0 Å². The molecule has 0 aliphatic carbocycles. The Morgan fingerprint density at radius 1 is 1.23 bits per heavy atom. The normalized spacial score (nSPS) is 18.0. The van der Waals surface area contributed by atoms with Crippen LogP contribution in [0, 0.1) is 0 Å². The monoisotopic (exact) mass is 343 g/mol. The molecule has 1 aliphatic heterocycles. The van der Waals surface area contributed by atoms with E-state index in [0.717, 1.165) is 12.8 Å². The van der Waals surface area contributed by atoms with Gasteiger partial charge in [-0.2, -0.15) is 9.40 Å². The molecule has 9 heteroatoms. The molecule has 0 radical (unpaired) electrons. The lowest BCUT2D eigenvalue weighted by Gasteiger charge is -2.30. The molecule has 0 aromatic carbocycles. The van der Waals surface area contributed by atoms with Gasteiger partial charge >= 0.3 is 0 Å². The van der Waals surface area contributed by atoms with Gasteiger partial charge in [-0.1, -0.05) is 0 Å². The van der Waals surface area contributed by atoms with E-state index in [-0.39, 0.29) is 10.3 Å². The van der Waals surface area contributed by atoms with Gasteiger partial charge in [-0.3, -0.25) is 4.68 Å². The number of aryl methyl sites for hydroxylation is 1. The van der Waals surface area contributed by atoms with Crippen LogP contribution in [-0.4, -0.2) is 45.1 Å². The van der Waals surface area contributed by atoms with Gasteiger partial charge in [-0.15, -0.1) is 0 Å². The van der Waals surface area contributed by atoms with Gasteiger partial charge in [0.25, 0.3) is 10.0 Å². The highest BCUT2D eigenvalue weighted by molar-refractivity contribution is 7.89. The molecule has 22 heavy (non-hydrogen) atoms. The van der Waals surface area contributed by atoms with E-state index in [1.54, 1.807) is 11.7 Å². The Morgan fingerprint density at radius 2 is 1.91 bits per heavy atom. The summed E-state index contributed by atoms with van der Waals surface area (Å²) in [6.45, 7) is 0.982. The second-order valence-corrected chi connectivity index (χ2v) is 7.77. The highest BCUT2D eigenvalue weighted by atomic mass is 35.5. The van der Waals surface area contributed by atoms with Crippen molar-refractivity contribution in [2.24, 2.45) is 14.1 Å². The maximum Gasteiger partial charge on any atom is 0.260 e. The van der Waals surface area contributed by atoms with Gasteiger partial charge in [-0.05, 0) is 35.9 Å². The van der Waals surface area contributed by atoms with Crippen molar-refractivity contribution < 1.29 is 8.42 Å². The molecule has 120 valence electrons. The molecule has 1 saturated heterocycles. The first-order chi connectivity index (χ1) is 10.4. The van der Waals surface area contributed by atoms with Crippen molar-refractivity contribution in [3.05, 3.63) is 29.4 Å². The molecule has 0 atom stereocenters. The van der Waals surface area contributed by atoms with Crippen molar-refractivity contribution in [3.63, 3.8) is 0 Å². The number of nitrogens with zero attached hydrogens (tertiary/aromatic N) is 5. The van der Waals surface area contributed by atoms with Gasteiger partial charge in [0, 0.05) is 33.4 Å². The summed E-state index contributed by atoms with van der Waals surface area (Å²) in [6.07, 6.45) is 6.74. The Kier molecular flexibility index (Phi) is 4.00. The van der Waals surface area contributed by atoms with E-state index in [2.05, 4.69) is 10.1 Å². The first-order valence-corrected chi connectivity index (χ1v) is 8.87. The summed E-state index contributed by atoms with van der Waals surface area (Å²) in [4.78, 5) is 3.85. The molecule has 2 aromatic rings. The molecule has 0 saturated carbocycles. The minimum Gasteiger partial charge on any atom is -0.308 e. The number of sulfonamides is 1. The largest absolute Gasteiger partial charge is 0.308 e. The number of piperidine rings is 1. The molecule has 2 aromatic heterocycles. The Morgan fingerprint density at radius 3 is 2.41 bits per heavy atom. The van der Waals surface area contributed by atoms with E-state index in [9.17, 15) is 8.42 Å². The predicted molar refractivity (Wildman–Crippen MR) is 82.2 cm³/mol. The Bertz CT molecular complexity index is 774. The third-order valence-electron chi connectivity index (χ3n) is 4.14. The fraction of sp³-hybridized carbons (Fsp3) is 0.538. The molecule has 0 bridgehead atoms. The second kappa shape index (κ2) is 5.68. The van der Waals surface area contributed by atoms with E-state index >= 15 is 0 Å². The summed E-state index contributed by atoms with van der Waals surface area (Å²) < 4.78 is 30.0. The first kappa shape index (κ1) is 15.5. The highest BCUT2D eigenvalue weighted by Gasteiger charge is 2.32. The molecule has 0 amide bonds. The summed E-state index contributed by atoms with van der Waals surface area (Å²) in [5.74, 6) is 0.357. The van der Waals surface area contributed by atoms with Gasteiger partial charge in [0.1, 0.15) is 0 Å². The van der Waals surface area contributed by atoms with Crippen molar-refractivity contribution >= 4 is 21.6 Å². The van der Waals surface area contributed by atoms with Crippen LogP contribution >= 0.6 is 11.6 Å². The minimum atomic E-state index is -3.54. The summed E-state index contributed by atoms with van der Waals surface area (Å²) in [5.41, 5.74) is 1.17. The van der Waals surface area contributed by atoms with Crippen LogP contribution in [0.2, 0.25) is 5.28 Å². The second-order valence-electron chi connectivity index (χ2n) is 5.55. The lowest BCUT2D eigenvalue weighted by Crippen LogP contribution is -2.38. The van der Waals surface area contributed by atoms with Crippen molar-refractivity contribution in [1.29, 1.82) is 0 Å². The van der Waals surface area contributed by atoms with E-state index in [1.165, 1.54) is 20.6 Å². The number of imidazole rings is 1. The molecule has 1 fully saturated rings. The van der Waals surface area contributed by atoms with Crippen LogP contribution in [0.15, 0.2) is 23.6 Å². The standard InChI is InChI=1S/C13H18ClN5O2S/c1-17-9-11(7-16-17)10-3-5-19(6-4-10)22(20,21)12-8-15-13(14)18(12)2/h7-10H,3-6H2,1-2H3. The summed E-state index contributed by atoms with van der Waals surface area (Å²) in [7, 11) is -0.0578. The number of halogens is 1. The topological polar surface area (TPSA) is 73.0 Å². The zero-order valence-corrected chi connectivity index (χ0v) is 14.0. The maximum absolute atomic E-state index is 12.7. The Balaban J connectivity index is 1.74. The lowest BCUT2D eigenvalue weighted by molar-refractivity contribution is 0.318. The smallest absolute Gasteiger partial charge is 0.260 e. The van der Waals surface area contributed by atoms with Crippen LogP contribution in [0.5, 0.6) is 0 Å². The summed E-state index contributed by atoms with van der Waals surface area (Å²) in [6, 6.07) is 0. The van der Waals surface area contributed by atoms with Crippen molar-refractivity contribution in [2.75, 3.05) is 13.1 Å². The van der Waals surface area contributed by atoms with Crippen LogP contribution in [-0.2, 0) is 24.1 Å². The fourth-order valence-corrected chi connectivity index (χ4v) is 4.59. The SMILES string of the molecule is Cn1cc(C2CCN(S(=O)(=O)c3cnc(Cl)n3C)CC2)cn1. The molecule has 7 nitrogen and oxygen atoms in total. The highest BCUT2D eigenvalue weighted by Crippen LogP contribution is 2.30. The quantitative estimate of drug-likeness (QED) is 0.843. The molecule has 0 N–H and O–H groups in total. The maximum atomic E-state index is 12.7. The third kappa shape index (κ3) is 2.66. The van der Waals surface area contributed by atoms with Gasteiger partial charge in [-0.25, -0.2) is 13.4 Å². The Hall–Kier alpha value is -1.38. The molecule has 0 unspecified atom stereocenters. The molecule has 3 heterocycles. The number of aromatic nitrogens is 4. The van der Waals surface area contributed by atoms with Gasteiger partial charge < -0.3 is 4.57 Å². The van der Waals surface area contributed by atoms with Crippen LogP contribution in [0.1, 0.15) is 24.3 Å². The zero-order chi connectivity index (χ0) is 15.9. The number of hydrogen-bond donors (Lipinski definition) is 0. The van der Waals surface area contributed by atoms with Crippen molar-refractivity contribution in [2.45, 2.75) is 23.8 Å². The van der Waals surface area contributed by atoms with E-state index in [4.69, 9.17) is 11.6 Å². The number of rotatable bonds is 3. The average molecular weight is 344 g/mol. The van der Waals surface area contributed by atoms with Crippen LogP contribution < -0.4 is 0 Å². The average Bonchev–Trinajstić information content (AvgIpc) is 3.07. The molecule has 0 spiro atoms. The summed E-state index contributed by atoms with van der Waals surface area (Å²) >= 11 is 5.84. The van der Waals surface area contributed by atoms with Crippen LogP contribution in [0.4, 0.5) is 0 Å². The van der Waals surface area contributed by atoms with Gasteiger partial charge in [0.2, 0.25) is 5.28 Å². The molecule has 3 rings (SSSR count). The zero-order valence-electron chi connectivity index (χ0n) is 12.5. The molecule has 1 aliphatic rings. The van der Waals surface area contributed by atoms with Crippen LogP contribution in [0.25, 0.3) is 0 Å². The molecular weight excluding hydrogens is 326 g/mol. The lowest BCUT2D eigenvalue weighted by atomic mass is 9.93. The van der Waals surface area contributed by atoms with E-state index < -0.39 is 10.0 Å². The van der Waals surface area contributed by atoms with E-state index in [0.29, 0.717) is 19.0 Å². The molecular formula is C13H18ClN5O2S. The van der Waals surface area contributed by atoms with Crippen molar-refractivity contribution in [3.8, 4) is 0 Å². The van der Waals surface area contributed by atoms with Gasteiger partial charge in [0.05, 0.1) is 12.4 Å².